The second-order valence-electron chi connectivity index (χ2n) is 4.36. The van der Waals surface area contributed by atoms with Gasteiger partial charge in [0.25, 0.3) is 0 Å². The van der Waals surface area contributed by atoms with Crippen LogP contribution < -0.4 is 4.74 Å². The van der Waals surface area contributed by atoms with E-state index in [9.17, 15) is 13.2 Å². The minimum Gasteiger partial charge on any atom is -0.406 e. The molecule has 23 heavy (non-hydrogen) atoms. The first-order valence-corrected chi connectivity index (χ1v) is 6.39. The number of alkyl halides is 3. The van der Waals surface area contributed by atoms with Crippen molar-refractivity contribution in [3.8, 4) is 11.8 Å². The maximum absolute atomic E-state index is 12.0. The van der Waals surface area contributed by atoms with Gasteiger partial charge in [-0.2, -0.15) is 5.26 Å². The summed E-state index contributed by atoms with van der Waals surface area (Å²) in [6, 6.07) is 13.8. The highest BCUT2D eigenvalue weighted by atomic mass is 19.4. The van der Waals surface area contributed by atoms with Gasteiger partial charge in [-0.05, 0) is 29.8 Å². The first kappa shape index (κ1) is 16.4. The molecule has 0 atom stereocenters. The van der Waals surface area contributed by atoms with Crippen LogP contribution in [0.1, 0.15) is 16.7 Å². The SMILES string of the molecule is N#Cc1ccc(/[C]=N\OCc2ccc(OC(F)(F)F)cc2)cc1. The van der Waals surface area contributed by atoms with Crippen molar-refractivity contribution in [2.24, 2.45) is 5.16 Å². The minimum atomic E-state index is -4.71. The molecule has 0 bridgehead atoms. The second kappa shape index (κ2) is 7.31. The van der Waals surface area contributed by atoms with E-state index in [4.69, 9.17) is 10.1 Å². The number of hydrogen-bond acceptors (Lipinski definition) is 4. The molecule has 0 spiro atoms. The van der Waals surface area contributed by atoms with Crippen molar-refractivity contribution >= 4 is 6.21 Å². The molecule has 0 aromatic heterocycles. The molecule has 0 fully saturated rings. The molecular formula is C16H10F3N2O2. The van der Waals surface area contributed by atoms with Crippen LogP contribution in [0.4, 0.5) is 13.2 Å². The fourth-order valence-electron chi connectivity index (χ4n) is 1.60. The van der Waals surface area contributed by atoms with Crippen LogP contribution in [0.5, 0.6) is 5.75 Å². The Morgan fingerprint density at radius 2 is 1.57 bits per heavy atom. The third-order valence-electron chi connectivity index (χ3n) is 2.64. The lowest BCUT2D eigenvalue weighted by Crippen LogP contribution is -2.17. The van der Waals surface area contributed by atoms with E-state index in [1.165, 1.54) is 24.3 Å². The predicted octanol–water partition coefficient (Wildman–Crippen LogP) is 3.88. The third kappa shape index (κ3) is 5.71. The Hall–Kier alpha value is -3.01. The third-order valence-corrected chi connectivity index (χ3v) is 2.64. The zero-order valence-electron chi connectivity index (χ0n) is 11.7. The lowest BCUT2D eigenvalue weighted by molar-refractivity contribution is -0.274. The molecule has 2 aromatic rings. The molecule has 2 rings (SSSR count). The Morgan fingerprint density at radius 1 is 0.957 bits per heavy atom. The fourth-order valence-corrected chi connectivity index (χ4v) is 1.60. The van der Waals surface area contributed by atoms with Crippen LogP contribution >= 0.6 is 0 Å². The Bertz CT molecular complexity index is 702. The van der Waals surface area contributed by atoms with Crippen molar-refractivity contribution in [2.75, 3.05) is 0 Å². The van der Waals surface area contributed by atoms with E-state index in [0.717, 1.165) is 0 Å². The van der Waals surface area contributed by atoms with Gasteiger partial charge in [-0.3, -0.25) is 0 Å². The zero-order chi connectivity index (χ0) is 16.7. The van der Waals surface area contributed by atoms with Crippen molar-refractivity contribution in [1.82, 2.24) is 0 Å². The first-order valence-electron chi connectivity index (χ1n) is 6.39. The van der Waals surface area contributed by atoms with Gasteiger partial charge in [0.15, 0.2) is 0 Å². The molecule has 0 heterocycles. The lowest BCUT2D eigenvalue weighted by atomic mass is 10.2. The van der Waals surface area contributed by atoms with Gasteiger partial charge in [-0.1, -0.05) is 29.4 Å². The summed E-state index contributed by atoms with van der Waals surface area (Å²) in [5.41, 5.74) is 1.79. The van der Waals surface area contributed by atoms with Crippen LogP contribution in [0.25, 0.3) is 0 Å². The van der Waals surface area contributed by atoms with Gasteiger partial charge in [0, 0.05) is 5.56 Å². The zero-order valence-corrected chi connectivity index (χ0v) is 11.7. The molecule has 4 nitrogen and oxygen atoms in total. The quantitative estimate of drug-likeness (QED) is 0.621. The predicted molar refractivity (Wildman–Crippen MR) is 75.6 cm³/mol. The number of rotatable bonds is 5. The van der Waals surface area contributed by atoms with Crippen LogP contribution in [0.3, 0.4) is 0 Å². The number of nitriles is 1. The van der Waals surface area contributed by atoms with Crippen LogP contribution in [0.2, 0.25) is 0 Å². The van der Waals surface area contributed by atoms with Gasteiger partial charge >= 0.3 is 6.36 Å². The molecule has 1 radical (unpaired) electrons. The van der Waals surface area contributed by atoms with Crippen LogP contribution in [-0.4, -0.2) is 12.6 Å². The molecular weight excluding hydrogens is 309 g/mol. The van der Waals surface area contributed by atoms with E-state index >= 15 is 0 Å². The largest absolute Gasteiger partial charge is 0.573 e. The average molecular weight is 319 g/mol. The Balaban J connectivity index is 1.83. The number of ether oxygens (including phenoxy) is 1. The maximum atomic E-state index is 12.0. The number of nitrogens with zero attached hydrogens (tertiary/aromatic N) is 2. The van der Waals surface area contributed by atoms with E-state index in [-0.39, 0.29) is 12.4 Å². The standard InChI is InChI=1S/C16H10F3N2O2/c17-16(18,19)23-15-7-5-14(6-8-15)11-22-21-10-13-3-1-12(9-20)2-4-13/h1-8H,11H2. The minimum absolute atomic E-state index is 0.0789. The molecule has 2 aromatic carbocycles. The van der Waals surface area contributed by atoms with E-state index in [2.05, 4.69) is 16.1 Å². The molecule has 0 saturated carbocycles. The summed E-state index contributed by atoms with van der Waals surface area (Å²) < 4.78 is 39.8. The Morgan fingerprint density at radius 3 is 2.13 bits per heavy atom. The fraction of sp³-hybridized carbons (Fsp3) is 0.125. The van der Waals surface area contributed by atoms with Crippen LogP contribution in [0, 0.1) is 11.3 Å². The van der Waals surface area contributed by atoms with Gasteiger partial charge in [0.2, 0.25) is 0 Å². The van der Waals surface area contributed by atoms with Gasteiger partial charge in [-0.25, -0.2) is 0 Å². The van der Waals surface area contributed by atoms with Crippen molar-refractivity contribution in [2.45, 2.75) is 13.0 Å². The van der Waals surface area contributed by atoms with Crippen molar-refractivity contribution < 1.29 is 22.7 Å². The lowest BCUT2D eigenvalue weighted by Gasteiger charge is -2.08. The molecule has 0 N–H and O–H groups in total. The van der Waals surface area contributed by atoms with E-state index < -0.39 is 6.36 Å². The Labute approximate surface area is 130 Å². The summed E-state index contributed by atoms with van der Waals surface area (Å²) in [5.74, 6) is -0.297. The smallest absolute Gasteiger partial charge is 0.406 e. The summed E-state index contributed by atoms with van der Waals surface area (Å²) in [6.07, 6.45) is -2.08. The molecule has 0 saturated heterocycles. The molecule has 0 aliphatic heterocycles. The van der Waals surface area contributed by atoms with Gasteiger partial charge in [0.05, 0.1) is 11.6 Å². The van der Waals surface area contributed by atoms with Gasteiger partial charge < -0.3 is 9.57 Å². The Kier molecular flexibility index (Phi) is 5.20. The van der Waals surface area contributed by atoms with Crippen LogP contribution in [0.15, 0.2) is 53.7 Å². The normalized spacial score (nSPS) is 11.2. The first-order chi connectivity index (χ1) is 11.0. The molecule has 0 amide bonds. The number of hydrogen-bond donors (Lipinski definition) is 0. The summed E-state index contributed by atoms with van der Waals surface area (Å²) in [7, 11) is 0. The van der Waals surface area contributed by atoms with Crippen LogP contribution in [-0.2, 0) is 11.4 Å². The highest BCUT2D eigenvalue weighted by molar-refractivity contribution is 5.79. The second-order valence-corrected chi connectivity index (χ2v) is 4.36. The average Bonchev–Trinajstić information content (AvgIpc) is 2.52. The van der Waals surface area contributed by atoms with Crippen molar-refractivity contribution in [3.05, 3.63) is 65.2 Å². The topological polar surface area (TPSA) is 54.6 Å². The summed E-state index contributed by atoms with van der Waals surface area (Å²) in [5, 5.41) is 12.3. The molecule has 7 heteroatoms. The molecule has 0 aliphatic rings. The summed E-state index contributed by atoms with van der Waals surface area (Å²) >= 11 is 0. The van der Waals surface area contributed by atoms with Crippen molar-refractivity contribution in [3.63, 3.8) is 0 Å². The summed E-state index contributed by atoms with van der Waals surface area (Å²) in [6.45, 7) is 0.0789. The molecule has 0 aliphatic carbocycles. The maximum Gasteiger partial charge on any atom is 0.573 e. The molecule has 0 unspecified atom stereocenters. The highest BCUT2D eigenvalue weighted by Gasteiger charge is 2.30. The summed E-state index contributed by atoms with van der Waals surface area (Å²) in [4.78, 5) is 5.01. The van der Waals surface area contributed by atoms with Gasteiger partial charge in [0.1, 0.15) is 18.6 Å². The monoisotopic (exact) mass is 319 g/mol. The molecule has 117 valence electrons. The number of halogens is 3. The van der Waals surface area contributed by atoms with Gasteiger partial charge in [-0.15, -0.1) is 13.2 Å². The highest BCUT2D eigenvalue weighted by Crippen LogP contribution is 2.22. The van der Waals surface area contributed by atoms with E-state index in [0.29, 0.717) is 16.7 Å². The van der Waals surface area contributed by atoms with E-state index in [1.54, 1.807) is 24.3 Å². The van der Waals surface area contributed by atoms with E-state index in [1.807, 2.05) is 6.07 Å². The van der Waals surface area contributed by atoms with Crippen molar-refractivity contribution in [1.29, 1.82) is 5.26 Å². The number of benzene rings is 2.